The summed E-state index contributed by atoms with van der Waals surface area (Å²) in [7, 11) is 0. The Morgan fingerprint density at radius 3 is 2.93 bits per heavy atom. The van der Waals surface area contributed by atoms with E-state index in [1.54, 1.807) is 6.07 Å². The first-order valence-corrected chi connectivity index (χ1v) is 9.76. The van der Waals surface area contributed by atoms with Gasteiger partial charge in [-0.25, -0.2) is 4.98 Å². The molecule has 1 saturated heterocycles. The van der Waals surface area contributed by atoms with Gasteiger partial charge in [0.05, 0.1) is 24.2 Å². The molecule has 1 aliphatic heterocycles. The van der Waals surface area contributed by atoms with E-state index in [2.05, 4.69) is 19.9 Å². The van der Waals surface area contributed by atoms with E-state index in [1.807, 2.05) is 31.5 Å². The van der Waals surface area contributed by atoms with E-state index in [-0.39, 0.29) is 0 Å². The highest BCUT2D eigenvalue weighted by atomic mass is 35.5. The number of nitrogens with zero attached hydrogens (tertiary/aromatic N) is 4. The number of halogens is 1. The van der Waals surface area contributed by atoms with Crippen LogP contribution in [0.2, 0.25) is 5.15 Å². The number of ether oxygens (including phenoxy) is 1. The van der Waals surface area contributed by atoms with E-state index >= 15 is 0 Å². The van der Waals surface area contributed by atoms with Crippen LogP contribution < -0.4 is 5.73 Å². The average Bonchev–Trinajstić information content (AvgIpc) is 2.70. The van der Waals surface area contributed by atoms with Gasteiger partial charge in [-0.3, -0.25) is 14.9 Å². The molecule has 0 bridgehead atoms. The lowest BCUT2D eigenvalue weighted by Crippen LogP contribution is -2.37. The molecule has 3 rings (SSSR count). The Morgan fingerprint density at radius 2 is 2.15 bits per heavy atom. The zero-order valence-corrected chi connectivity index (χ0v) is 16.5. The molecule has 0 spiro atoms. The average molecular weight is 388 g/mol. The maximum absolute atomic E-state index is 6.25. The first-order chi connectivity index (χ1) is 13.2. The topological polar surface area (TPSA) is 76.6 Å². The largest absolute Gasteiger partial charge is 0.402 e. The van der Waals surface area contributed by atoms with Crippen LogP contribution in [0.5, 0.6) is 0 Å². The van der Waals surface area contributed by atoms with Crippen molar-refractivity contribution in [1.82, 2.24) is 14.9 Å². The quantitative estimate of drug-likeness (QED) is 0.448. The Hall–Kier alpha value is -2.02. The third-order valence-electron chi connectivity index (χ3n) is 4.63. The van der Waals surface area contributed by atoms with Gasteiger partial charge in [0.2, 0.25) is 0 Å². The number of hydrogen-bond donors (Lipinski definition) is 1. The van der Waals surface area contributed by atoms with Gasteiger partial charge in [0, 0.05) is 55.4 Å². The Labute approximate surface area is 165 Å². The summed E-state index contributed by atoms with van der Waals surface area (Å²) in [6, 6.07) is 5.57. The van der Waals surface area contributed by atoms with Gasteiger partial charge in [-0.1, -0.05) is 18.5 Å². The molecule has 0 unspecified atom stereocenters. The zero-order valence-electron chi connectivity index (χ0n) is 15.7. The third-order valence-corrected chi connectivity index (χ3v) is 4.84. The molecule has 0 atom stereocenters. The predicted molar refractivity (Wildman–Crippen MR) is 111 cm³/mol. The van der Waals surface area contributed by atoms with Gasteiger partial charge in [-0.15, -0.1) is 0 Å². The van der Waals surface area contributed by atoms with Crippen molar-refractivity contribution in [3.63, 3.8) is 0 Å². The molecule has 3 heterocycles. The Morgan fingerprint density at radius 1 is 1.33 bits per heavy atom. The van der Waals surface area contributed by atoms with Crippen LogP contribution in [0, 0.1) is 0 Å². The molecule has 2 aromatic rings. The summed E-state index contributed by atoms with van der Waals surface area (Å²) in [4.78, 5) is 15.8. The number of aliphatic imine (C=N–C) groups is 1. The van der Waals surface area contributed by atoms with Crippen molar-refractivity contribution in [2.75, 3.05) is 39.4 Å². The predicted octanol–water partition coefficient (Wildman–Crippen LogP) is 3.16. The molecule has 1 aliphatic rings. The Bertz CT molecular complexity index is 830. The Kier molecular flexibility index (Phi) is 7.15. The highest BCUT2D eigenvalue weighted by Gasteiger charge is 2.09. The third kappa shape index (κ3) is 5.48. The molecule has 0 amide bonds. The normalized spacial score (nSPS) is 16.8. The first kappa shape index (κ1) is 19.7. The number of hydrogen-bond acceptors (Lipinski definition) is 6. The summed E-state index contributed by atoms with van der Waals surface area (Å²) in [6.07, 6.45) is 5.44. The van der Waals surface area contributed by atoms with Gasteiger partial charge >= 0.3 is 0 Å². The van der Waals surface area contributed by atoms with Crippen molar-refractivity contribution < 1.29 is 4.74 Å². The second-order valence-electron chi connectivity index (χ2n) is 6.53. The number of pyridine rings is 2. The summed E-state index contributed by atoms with van der Waals surface area (Å²) in [5.41, 5.74) is 10.4. The maximum Gasteiger partial charge on any atom is 0.129 e. The maximum atomic E-state index is 6.25. The van der Waals surface area contributed by atoms with Crippen LogP contribution >= 0.6 is 11.6 Å². The number of nitrogens with two attached hydrogens (primary N) is 1. The highest BCUT2D eigenvalue weighted by Crippen LogP contribution is 2.21. The van der Waals surface area contributed by atoms with Crippen molar-refractivity contribution in [2.45, 2.75) is 19.8 Å². The van der Waals surface area contributed by atoms with Gasteiger partial charge < -0.3 is 10.5 Å². The SMILES string of the molecule is CCC(N)=C(C=NCCCN1CCOCC1)c1cnc2ccc(Cl)nc2c1. The standard InChI is InChI=1S/C20H26ClN5O/c1-2-17(22)16(14-23-6-3-7-26-8-10-27-11-9-26)15-12-19-18(24-13-15)4-5-20(21)25-19/h4-5,12-14H,2-3,6-11,22H2,1H3. The fourth-order valence-electron chi connectivity index (χ4n) is 3.03. The molecule has 7 heteroatoms. The van der Waals surface area contributed by atoms with Crippen LogP contribution in [0.15, 0.2) is 35.1 Å². The fraction of sp³-hybridized carbons (Fsp3) is 0.450. The van der Waals surface area contributed by atoms with E-state index in [0.29, 0.717) is 5.15 Å². The molecule has 1 fully saturated rings. The Balaban J connectivity index is 1.69. The van der Waals surface area contributed by atoms with Crippen molar-refractivity contribution >= 4 is 34.4 Å². The molecule has 27 heavy (non-hydrogen) atoms. The molecule has 0 aromatic carbocycles. The van der Waals surface area contributed by atoms with Gasteiger partial charge in [0.15, 0.2) is 0 Å². The molecule has 2 aromatic heterocycles. The minimum absolute atomic E-state index is 0.451. The van der Waals surface area contributed by atoms with E-state index in [0.717, 1.165) is 80.1 Å². The first-order valence-electron chi connectivity index (χ1n) is 9.38. The second kappa shape index (κ2) is 9.78. The van der Waals surface area contributed by atoms with Crippen molar-refractivity contribution in [3.8, 4) is 0 Å². The summed E-state index contributed by atoms with van der Waals surface area (Å²) in [5.74, 6) is 0. The molecule has 6 nitrogen and oxygen atoms in total. The molecule has 144 valence electrons. The van der Waals surface area contributed by atoms with E-state index < -0.39 is 0 Å². The van der Waals surface area contributed by atoms with Gasteiger partial charge in [-0.2, -0.15) is 0 Å². The number of aromatic nitrogens is 2. The lowest BCUT2D eigenvalue weighted by molar-refractivity contribution is 0.0377. The number of rotatable bonds is 7. The molecule has 0 radical (unpaired) electrons. The summed E-state index contributed by atoms with van der Waals surface area (Å²) in [6.45, 7) is 7.52. The second-order valence-corrected chi connectivity index (χ2v) is 6.92. The number of fused-ring (bicyclic) bond motifs is 1. The lowest BCUT2D eigenvalue weighted by Gasteiger charge is -2.26. The lowest BCUT2D eigenvalue weighted by atomic mass is 10.0. The molecule has 0 aliphatic carbocycles. The van der Waals surface area contributed by atoms with Crippen LogP contribution in [0.3, 0.4) is 0 Å². The van der Waals surface area contributed by atoms with Crippen molar-refractivity contribution in [3.05, 3.63) is 40.8 Å². The fourth-order valence-corrected chi connectivity index (χ4v) is 3.18. The highest BCUT2D eigenvalue weighted by molar-refractivity contribution is 6.29. The zero-order chi connectivity index (χ0) is 19.1. The van der Waals surface area contributed by atoms with Crippen molar-refractivity contribution in [2.24, 2.45) is 10.7 Å². The van der Waals surface area contributed by atoms with Gasteiger partial charge in [-0.05, 0) is 31.0 Å². The summed E-state index contributed by atoms with van der Waals surface area (Å²) < 4.78 is 5.37. The van der Waals surface area contributed by atoms with E-state index in [1.165, 1.54) is 0 Å². The van der Waals surface area contributed by atoms with Crippen LogP contribution in [0.25, 0.3) is 16.6 Å². The van der Waals surface area contributed by atoms with E-state index in [9.17, 15) is 0 Å². The summed E-state index contributed by atoms with van der Waals surface area (Å²) >= 11 is 6.01. The summed E-state index contributed by atoms with van der Waals surface area (Å²) in [5, 5.41) is 0.451. The molecular weight excluding hydrogens is 362 g/mol. The minimum Gasteiger partial charge on any atom is -0.402 e. The van der Waals surface area contributed by atoms with Crippen LogP contribution in [0.1, 0.15) is 25.3 Å². The van der Waals surface area contributed by atoms with Gasteiger partial charge in [0.1, 0.15) is 5.15 Å². The van der Waals surface area contributed by atoms with Crippen LogP contribution in [0.4, 0.5) is 0 Å². The van der Waals surface area contributed by atoms with Crippen LogP contribution in [-0.2, 0) is 4.74 Å². The molecule has 2 N–H and O–H groups in total. The van der Waals surface area contributed by atoms with Gasteiger partial charge in [0.25, 0.3) is 0 Å². The molecule has 0 saturated carbocycles. The molecular formula is C20H26ClN5O. The van der Waals surface area contributed by atoms with Crippen molar-refractivity contribution in [1.29, 1.82) is 0 Å². The van der Waals surface area contributed by atoms with E-state index in [4.69, 9.17) is 22.1 Å². The monoisotopic (exact) mass is 387 g/mol. The smallest absolute Gasteiger partial charge is 0.129 e. The van der Waals surface area contributed by atoms with Crippen LogP contribution in [-0.4, -0.2) is 60.5 Å². The minimum atomic E-state index is 0.451. The number of allylic oxidation sites excluding steroid dienone is 2. The number of morpholine rings is 1.